The minimum absolute atomic E-state index is 0.256. The van der Waals surface area contributed by atoms with Gasteiger partial charge in [-0.2, -0.15) is 5.26 Å². The Kier molecular flexibility index (Phi) is 5.42. The molecule has 1 fully saturated rings. The molecule has 3 heteroatoms. The van der Waals surface area contributed by atoms with Crippen LogP contribution in [0.5, 0.6) is 0 Å². The van der Waals surface area contributed by atoms with Crippen molar-refractivity contribution in [1.29, 1.82) is 5.26 Å². The number of rotatable bonds is 4. The van der Waals surface area contributed by atoms with Crippen LogP contribution in [0.15, 0.2) is 0 Å². The summed E-state index contributed by atoms with van der Waals surface area (Å²) >= 11 is 0. The van der Waals surface area contributed by atoms with Crippen molar-refractivity contribution in [3.63, 3.8) is 0 Å². The molecule has 0 amide bonds. The zero-order valence-electron chi connectivity index (χ0n) is 11.8. The standard InChI is InChI=1S/C14H27N3/c1-12(2)6-10-17-11-13(5-8-15)16-9-7-14(17,3)4/h12-13,16H,5-7,9-11H2,1-4H3. The van der Waals surface area contributed by atoms with E-state index in [4.69, 9.17) is 5.26 Å². The van der Waals surface area contributed by atoms with Gasteiger partial charge in [-0.05, 0) is 45.7 Å². The lowest BCUT2D eigenvalue weighted by Crippen LogP contribution is -2.47. The molecular weight excluding hydrogens is 210 g/mol. The first-order chi connectivity index (χ1) is 7.95. The topological polar surface area (TPSA) is 39.1 Å². The average Bonchev–Trinajstić information content (AvgIpc) is 2.35. The van der Waals surface area contributed by atoms with Crippen molar-refractivity contribution in [1.82, 2.24) is 10.2 Å². The first-order valence-corrected chi connectivity index (χ1v) is 6.81. The van der Waals surface area contributed by atoms with Crippen molar-refractivity contribution in [3.05, 3.63) is 0 Å². The van der Waals surface area contributed by atoms with Gasteiger partial charge in [0.2, 0.25) is 0 Å². The maximum Gasteiger partial charge on any atom is 0.0638 e. The van der Waals surface area contributed by atoms with Crippen LogP contribution in [0.1, 0.15) is 47.0 Å². The third-order valence-electron chi connectivity index (χ3n) is 3.78. The quantitative estimate of drug-likeness (QED) is 0.816. The van der Waals surface area contributed by atoms with Gasteiger partial charge in [-0.1, -0.05) is 13.8 Å². The van der Waals surface area contributed by atoms with E-state index < -0.39 is 0 Å². The summed E-state index contributed by atoms with van der Waals surface area (Å²) in [6, 6.07) is 2.63. The number of nitriles is 1. The molecular formula is C14H27N3. The van der Waals surface area contributed by atoms with Crippen LogP contribution in [-0.2, 0) is 0 Å². The van der Waals surface area contributed by atoms with Crippen molar-refractivity contribution in [2.75, 3.05) is 19.6 Å². The summed E-state index contributed by atoms with van der Waals surface area (Å²) in [5.74, 6) is 0.747. The van der Waals surface area contributed by atoms with Gasteiger partial charge in [0.05, 0.1) is 12.5 Å². The van der Waals surface area contributed by atoms with Crippen LogP contribution < -0.4 is 5.32 Å². The number of nitrogens with zero attached hydrogens (tertiary/aromatic N) is 2. The van der Waals surface area contributed by atoms with Gasteiger partial charge in [-0.25, -0.2) is 0 Å². The molecule has 0 aliphatic carbocycles. The summed E-state index contributed by atoms with van der Waals surface area (Å²) in [5, 5.41) is 12.3. The summed E-state index contributed by atoms with van der Waals surface area (Å²) in [5.41, 5.74) is 0.256. The van der Waals surface area contributed by atoms with E-state index in [1.54, 1.807) is 0 Å². The molecule has 1 atom stereocenters. The van der Waals surface area contributed by atoms with Gasteiger partial charge in [0.1, 0.15) is 0 Å². The van der Waals surface area contributed by atoms with E-state index in [0.29, 0.717) is 12.5 Å². The van der Waals surface area contributed by atoms with Crippen molar-refractivity contribution < 1.29 is 0 Å². The Bertz CT molecular complexity index is 265. The van der Waals surface area contributed by atoms with E-state index in [2.05, 4.69) is 44.0 Å². The van der Waals surface area contributed by atoms with Crippen LogP contribution in [-0.4, -0.2) is 36.1 Å². The molecule has 0 aromatic heterocycles. The van der Waals surface area contributed by atoms with Gasteiger partial charge in [-0.3, -0.25) is 4.90 Å². The Balaban J connectivity index is 2.62. The molecule has 1 N–H and O–H groups in total. The van der Waals surface area contributed by atoms with E-state index in [-0.39, 0.29) is 5.54 Å². The van der Waals surface area contributed by atoms with Gasteiger partial charge in [-0.15, -0.1) is 0 Å². The minimum atomic E-state index is 0.256. The second kappa shape index (κ2) is 6.37. The van der Waals surface area contributed by atoms with E-state index in [0.717, 1.165) is 32.0 Å². The maximum atomic E-state index is 8.84. The van der Waals surface area contributed by atoms with Crippen molar-refractivity contribution in [2.45, 2.75) is 58.5 Å². The molecule has 1 heterocycles. The monoisotopic (exact) mass is 237 g/mol. The van der Waals surface area contributed by atoms with E-state index in [1.165, 1.54) is 6.42 Å². The van der Waals surface area contributed by atoms with Crippen LogP contribution in [0.25, 0.3) is 0 Å². The van der Waals surface area contributed by atoms with Crippen molar-refractivity contribution in [3.8, 4) is 6.07 Å². The summed E-state index contributed by atoms with van der Waals surface area (Å²) in [6.45, 7) is 12.4. The van der Waals surface area contributed by atoms with Crippen LogP contribution in [0.4, 0.5) is 0 Å². The fourth-order valence-electron chi connectivity index (χ4n) is 2.37. The van der Waals surface area contributed by atoms with Crippen molar-refractivity contribution in [2.24, 2.45) is 5.92 Å². The second-order valence-electron chi connectivity index (χ2n) is 6.20. The first-order valence-electron chi connectivity index (χ1n) is 6.81. The molecule has 0 aromatic carbocycles. The zero-order chi connectivity index (χ0) is 12.9. The molecule has 98 valence electrons. The highest BCUT2D eigenvalue weighted by molar-refractivity contribution is 4.92. The Morgan fingerprint density at radius 3 is 2.76 bits per heavy atom. The Morgan fingerprint density at radius 2 is 2.18 bits per heavy atom. The Labute approximate surface area is 106 Å². The van der Waals surface area contributed by atoms with Crippen LogP contribution in [0.2, 0.25) is 0 Å². The maximum absolute atomic E-state index is 8.84. The molecule has 0 spiro atoms. The molecule has 17 heavy (non-hydrogen) atoms. The summed E-state index contributed by atoms with van der Waals surface area (Å²) in [6.07, 6.45) is 3.02. The molecule has 1 rings (SSSR count). The molecule has 0 saturated carbocycles. The molecule has 1 aliphatic rings. The molecule has 3 nitrogen and oxygen atoms in total. The normalized spacial score (nSPS) is 25.5. The van der Waals surface area contributed by atoms with Crippen molar-refractivity contribution >= 4 is 0 Å². The molecule has 0 aromatic rings. The Morgan fingerprint density at radius 1 is 1.47 bits per heavy atom. The van der Waals surface area contributed by atoms with Gasteiger partial charge in [0.15, 0.2) is 0 Å². The molecule has 1 aliphatic heterocycles. The van der Waals surface area contributed by atoms with Crippen LogP contribution >= 0.6 is 0 Å². The van der Waals surface area contributed by atoms with E-state index >= 15 is 0 Å². The Hall–Kier alpha value is -0.590. The highest BCUT2D eigenvalue weighted by atomic mass is 15.2. The predicted molar refractivity (Wildman–Crippen MR) is 71.7 cm³/mol. The van der Waals surface area contributed by atoms with E-state index in [9.17, 15) is 0 Å². The van der Waals surface area contributed by atoms with E-state index in [1.807, 2.05) is 0 Å². The fourth-order valence-corrected chi connectivity index (χ4v) is 2.37. The lowest BCUT2D eigenvalue weighted by Gasteiger charge is -2.38. The number of nitrogens with one attached hydrogen (secondary N) is 1. The number of hydrogen-bond acceptors (Lipinski definition) is 3. The fraction of sp³-hybridized carbons (Fsp3) is 0.929. The smallest absolute Gasteiger partial charge is 0.0638 e. The first kappa shape index (κ1) is 14.5. The SMILES string of the molecule is CC(C)CCN1CC(CC#N)NCCC1(C)C. The molecule has 0 bridgehead atoms. The van der Waals surface area contributed by atoms with Crippen LogP contribution in [0, 0.1) is 17.2 Å². The minimum Gasteiger partial charge on any atom is -0.312 e. The number of hydrogen-bond donors (Lipinski definition) is 1. The predicted octanol–water partition coefficient (Wildman–Crippen LogP) is 2.39. The van der Waals surface area contributed by atoms with Gasteiger partial charge in [0.25, 0.3) is 0 Å². The average molecular weight is 237 g/mol. The second-order valence-corrected chi connectivity index (χ2v) is 6.20. The van der Waals surface area contributed by atoms with Gasteiger partial charge < -0.3 is 5.32 Å². The molecule has 1 saturated heterocycles. The largest absolute Gasteiger partial charge is 0.312 e. The lowest BCUT2D eigenvalue weighted by atomic mass is 9.97. The van der Waals surface area contributed by atoms with Gasteiger partial charge >= 0.3 is 0 Å². The summed E-state index contributed by atoms with van der Waals surface area (Å²) in [4.78, 5) is 2.56. The molecule has 1 unspecified atom stereocenters. The lowest BCUT2D eigenvalue weighted by molar-refractivity contribution is 0.113. The summed E-state index contributed by atoms with van der Waals surface area (Å²) in [7, 11) is 0. The summed E-state index contributed by atoms with van der Waals surface area (Å²) < 4.78 is 0. The van der Waals surface area contributed by atoms with Gasteiger partial charge in [0, 0.05) is 18.1 Å². The van der Waals surface area contributed by atoms with Crippen LogP contribution in [0.3, 0.4) is 0 Å². The third kappa shape index (κ3) is 4.65. The molecule has 0 radical (unpaired) electrons. The highest BCUT2D eigenvalue weighted by Gasteiger charge is 2.31. The highest BCUT2D eigenvalue weighted by Crippen LogP contribution is 2.23. The third-order valence-corrected chi connectivity index (χ3v) is 3.78. The zero-order valence-corrected chi connectivity index (χ0v) is 11.8.